The topological polar surface area (TPSA) is 104 Å². The molecular weight excluding hydrogens is 370 g/mol. The first-order chi connectivity index (χ1) is 12.5. The normalized spacial score (nSPS) is 26.5. The molecule has 1 aliphatic heterocycles. The Balaban J connectivity index is 2.39. The number of ether oxygens (including phenoxy) is 2. The molecule has 0 radical (unpaired) electrons. The summed E-state index contributed by atoms with van der Waals surface area (Å²) in [7, 11) is 1.08. The average Bonchev–Trinajstić information content (AvgIpc) is 2.88. The molecule has 0 aliphatic carbocycles. The Kier molecular flexibility index (Phi) is 6.82. The Morgan fingerprint density at radius 3 is 2.48 bits per heavy atom. The third-order valence-electron chi connectivity index (χ3n) is 5.31. The van der Waals surface area contributed by atoms with E-state index in [1.807, 2.05) is 0 Å². The summed E-state index contributed by atoms with van der Waals surface area (Å²) in [6, 6.07) is 1.28. The van der Waals surface area contributed by atoms with Gasteiger partial charge in [0.05, 0.1) is 6.61 Å². The smallest absolute Gasteiger partial charge is 0.330 e. The highest BCUT2D eigenvalue weighted by Gasteiger charge is 2.51. The Morgan fingerprint density at radius 1 is 1.30 bits per heavy atom. The highest BCUT2D eigenvalue weighted by molar-refractivity contribution is 6.74. The van der Waals surface area contributed by atoms with Crippen LogP contribution in [0, 0.1) is 0 Å². The molecule has 1 aliphatic rings. The van der Waals surface area contributed by atoms with E-state index in [4.69, 9.17) is 18.7 Å². The van der Waals surface area contributed by atoms with Crippen molar-refractivity contribution in [2.45, 2.75) is 63.4 Å². The molecule has 9 nitrogen and oxygen atoms in total. The van der Waals surface area contributed by atoms with Gasteiger partial charge in [0.15, 0.2) is 14.5 Å². The third-order valence-corrected chi connectivity index (χ3v) is 9.79. The maximum absolute atomic E-state index is 12.3. The number of hydrogen-bond donors (Lipinski definition) is 2. The van der Waals surface area contributed by atoms with Crippen LogP contribution in [0.25, 0.3) is 0 Å². The van der Waals surface area contributed by atoms with Gasteiger partial charge in [-0.1, -0.05) is 20.8 Å². The van der Waals surface area contributed by atoms with Gasteiger partial charge in [0.25, 0.3) is 5.56 Å². The first kappa shape index (κ1) is 22.0. The zero-order chi connectivity index (χ0) is 20.4. The molecule has 10 heteroatoms. The predicted molar refractivity (Wildman–Crippen MR) is 103 cm³/mol. The average molecular weight is 402 g/mol. The van der Waals surface area contributed by atoms with Gasteiger partial charge in [0, 0.05) is 26.4 Å². The van der Waals surface area contributed by atoms with Gasteiger partial charge in [0.2, 0.25) is 0 Å². The SMILES string of the molecule is CNOC[C@H]1O[C@@H](n2ccc(=O)[nH]c2=O)C(OC)C1O[Si](C)(C)C(C)(C)C. The lowest BCUT2D eigenvalue weighted by atomic mass is 10.1. The minimum Gasteiger partial charge on any atom is -0.408 e. The number of rotatable bonds is 7. The highest BCUT2D eigenvalue weighted by atomic mass is 28.4. The summed E-state index contributed by atoms with van der Waals surface area (Å²) in [5, 5.41) is -0.00733. The molecule has 2 N–H and O–H groups in total. The van der Waals surface area contributed by atoms with Crippen molar-refractivity contribution in [2.75, 3.05) is 20.8 Å². The van der Waals surface area contributed by atoms with Crippen molar-refractivity contribution < 1.29 is 18.7 Å². The fourth-order valence-corrected chi connectivity index (χ4v) is 4.09. The van der Waals surface area contributed by atoms with Crippen LogP contribution in [0.1, 0.15) is 27.0 Å². The van der Waals surface area contributed by atoms with Crippen LogP contribution in [0.2, 0.25) is 18.1 Å². The van der Waals surface area contributed by atoms with E-state index in [9.17, 15) is 9.59 Å². The van der Waals surface area contributed by atoms with Crippen molar-refractivity contribution in [3.05, 3.63) is 33.1 Å². The van der Waals surface area contributed by atoms with Crippen molar-refractivity contribution in [1.82, 2.24) is 15.0 Å². The van der Waals surface area contributed by atoms with Crippen molar-refractivity contribution >= 4 is 8.32 Å². The second-order valence-electron chi connectivity index (χ2n) is 8.14. The molecule has 1 aromatic rings. The summed E-state index contributed by atoms with van der Waals surface area (Å²) < 4.78 is 19.7. The van der Waals surface area contributed by atoms with E-state index in [1.165, 1.54) is 16.8 Å². The minimum absolute atomic E-state index is 0.00733. The number of hydroxylamine groups is 1. The standard InChI is InChI=1S/C17H31N3O6Si/c1-17(2,3)27(6,7)26-13-11(10-24-18-4)25-15(14(13)23-5)20-9-8-12(21)19-16(20)22/h8-9,11,13-15,18H,10H2,1-7H3,(H,19,21,22)/t11-,13?,14?,15-/m1/s1. The number of nitrogens with zero attached hydrogens (tertiary/aromatic N) is 1. The van der Waals surface area contributed by atoms with Crippen LogP contribution in [0.5, 0.6) is 0 Å². The van der Waals surface area contributed by atoms with Gasteiger partial charge < -0.3 is 13.9 Å². The van der Waals surface area contributed by atoms with Crippen LogP contribution in [-0.4, -0.2) is 56.9 Å². The lowest BCUT2D eigenvalue weighted by Crippen LogP contribution is -2.50. The van der Waals surface area contributed by atoms with Gasteiger partial charge >= 0.3 is 5.69 Å². The Labute approximate surface area is 160 Å². The predicted octanol–water partition coefficient (Wildman–Crippen LogP) is 0.990. The van der Waals surface area contributed by atoms with Crippen molar-refractivity contribution in [2.24, 2.45) is 0 Å². The number of methoxy groups -OCH3 is 1. The molecule has 0 saturated carbocycles. The van der Waals surface area contributed by atoms with E-state index in [2.05, 4.69) is 44.3 Å². The first-order valence-electron chi connectivity index (χ1n) is 8.98. The summed E-state index contributed by atoms with van der Waals surface area (Å²) in [5.41, 5.74) is 1.61. The van der Waals surface area contributed by atoms with E-state index in [0.717, 1.165) is 0 Å². The summed E-state index contributed by atoms with van der Waals surface area (Å²) in [4.78, 5) is 31.2. The van der Waals surface area contributed by atoms with E-state index in [0.29, 0.717) is 0 Å². The summed E-state index contributed by atoms with van der Waals surface area (Å²) >= 11 is 0. The fourth-order valence-electron chi connectivity index (χ4n) is 2.77. The maximum atomic E-state index is 12.3. The van der Waals surface area contributed by atoms with Crippen LogP contribution >= 0.6 is 0 Å². The number of aromatic amines is 1. The molecule has 154 valence electrons. The zero-order valence-corrected chi connectivity index (χ0v) is 18.1. The van der Waals surface area contributed by atoms with Crippen molar-refractivity contribution in [3.8, 4) is 0 Å². The molecule has 4 atom stereocenters. The lowest BCUT2D eigenvalue weighted by molar-refractivity contribution is -0.0850. The summed E-state index contributed by atoms with van der Waals surface area (Å²) in [6.07, 6.45) is -0.732. The molecule has 2 rings (SSSR count). The van der Waals surface area contributed by atoms with Gasteiger partial charge in [-0.05, 0) is 18.1 Å². The molecule has 0 amide bonds. The van der Waals surface area contributed by atoms with Gasteiger partial charge in [-0.15, -0.1) is 0 Å². The quantitative estimate of drug-likeness (QED) is 0.519. The molecule has 2 heterocycles. The molecule has 27 heavy (non-hydrogen) atoms. The zero-order valence-electron chi connectivity index (χ0n) is 17.1. The van der Waals surface area contributed by atoms with Crippen LogP contribution in [0.3, 0.4) is 0 Å². The van der Waals surface area contributed by atoms with Crippen molar-refractivity contribution in [3.63, 3.8) is 0 Å². The minimum atomic E-state index is -2.14. The highest BCUT2D eigenvalue weighted by Crippen LogP contribution is 2.41. The van der Waals surface area contributed by atoms with Crippen LogP contribution < -0.4 is 16.7 Å². The van der Waals surface area contributed by atoms with Crippen molar-refractivity contribution in [1.29, 1.82) is 0 Å². The molecule has 0 spiro atoms. The Hall–Kier alpha value is -1.30. The maximum Gasteiger partial charge on any atom is 0.330 e. The van der Waals surface area contributed by atoms with Gasteiger partial charge in [-0.3, -0.25) is 19.2 Å². The summed E-state index contributed by atoms with van der Waals surface area (Å²) in [6.45, 7) is 11.0. The van der Waals surface area contributed by atoms with Crippen LogP contribution in [0.4, 0.5) is 0 Å². The molecule has 0 aromatic carbocycles. The fraction of sp³-hybridized carbons (Fsp3) is 0.765. The van der Waals surface area contributed by atoms with E-state index in [1.54, 1.807) is 14.2 Å². The lowest BCUT2D eigenvalue weighted by Gasteiger charge is -2.40. The molecule has 0 bridgehead atoms. The molecule has 2 unspecified atom stereocenters. The molecule has 1 aromatic heterocycles. The van der Waals surface area contributed by atoms with Gasteiger partial charge in [0.1, 0.15) is 18.3 Å². The van der Waals surface area contributed by atoms with Gasteiger partial charge in [-0.2, -0.15) is 0 Å². The third kappa shape index (κ3) is 4.76. The Morgan fingerprint density at radius 2 is 1.96 bits per heavy atom. The number of H-pyrrole nitrogens is 1. The number of aromatic nitrogens is 2. The second-order valence-corrected chi connectivity index (χ2v) is 12.9. The number of hydrogen-bond acceptors (Lipinski definition) is 7. The first-order valence-corrected chi connectivity index (χ1v) is 11.9. The summed E-state index contributed by atoms with van der Waals surface area (Å²) in [5.74, 6) is 0. The number of nitrogens with one attached hydrogen (secondary N) is 2. The monoisotopic (exact) mass is 401 g/mol. The largest absolute Gasteiger partial charge is 0.408 e. The Bertz CT molecular complexity index is 741. The van der Waals surface area contributed by atoms with E-state index >= 15 is 0 Å². The molecule has 1 saturated heterocycles. The molecular formula is C17H31N3O6Si. The van der Waals surface area contributed by atoms with Crippen LogP contribution in [-0.2, 0) is 18.7 Å². The van der Waals surface area contributed by atoms with E-state index < -0.39 is 44.1 Å². The van der Waals surface area contributed by atoms with Crippen LogP contribution in [0.15, 0.2) is 21.9 Å². The second kappa shape index (κ2) is 8.37. The van der Waals surface area contributed by atoms with Gasteiger partial charge in [-0.25, -0.2) is 10.3 Å². The molecule has 1 fully saturated rings. The van der Waals surface area contributed by atoms with E-state index in [-0.39, 0.29) is 11.6 Å².